The monoisotopic (exact) mass is 543 g/mol. The Labute approximate surface area is 236 Å². The van der Waals surface area contributed by atoms with Crippen molar-refractivity contribution in [2.45, 2.75) is 167 Å². The molecule has 0 aliphatic heterocycles. The molecule has 2 N–H and O–H groups in total. The molecule has 0 saturated heterocycles. The molecule has 0 radical (unpaired) electrons. The largest absolute Gasteiger partial charge is 0.465 e. The summed E-state index contributed by atoms with van der Waals surface area (Å²) in [6.45, 7) is 7.47. The predicted molar refractivity (Wildman–Crippen MR) is 160 cm³/mol. The van der Waals surface area contributed by atoms with Gasteiger partial charge in [-0.3, -0.25) is 0 Å². The fourth-order valence-corrected chi connectivity index (χ4v) is 5.38. The lowest BCUT2D eigenvalue weighted by Crippen LogP contribution is -2.51. The second kappa shape index (κ2) is 26.4. The summed E-state index contributed by atoms with van der Waals surface area (Å²) in [5, 5.41) is 18.7. The Balaban J connectivity index is 4.63. The van der Waals surface area contributed by atoms with Crippen molar-refractivity contribution in [2.24, 2.45) is 5.92 Å². The van der Waals surface area contributed by atoms with Crippen LogP contribution >= 0.6 is 0 Å². The van der Waals surface area contributed by atoms with Crippen LogP contribution in [0, 0.1) is 5.92 Å². The third kappa shape index (κ3) is 20.1. The number of nitrogens with zero attached hydrogens (tertiary/aromatic N) is 1. The highest BCUT2D eigenvalue weighted by molar-refractivity contribution is 5.65. The first-order chi connectivity index (χ1) is 18.4. The van der Waals surface area contributed by atoms with Gasteiger partial charge >= 0.3 is 6.09 Å². The van der Waals surface area contributed by atoms with Gasteiger partial charge in [0.2, 0.25) is 0 Å². The first-order valence-corrected chi connectivity index (χ1v) is 16.1. The molecular weight excluding hydrogens is 478 g/mol. The maximum Gasteiger partial charge on any atom is 0.407 e. The number of amides is 1. The molecule has 0 aliphatic rings. The average molecular weight is 544 g/mol. The van der Waals surface area contributed by atoms with Gasteiger partial charge in [0.05, 0.1) is 12.1 Å². The number of carbonyl (C=O) groups is 1. The lowest BCUT2D eigenvalue weighted by Gasteiger charge is -2.37. The first-order valence-electron chi connectivity index (χ1n) is 16.1. The molecule has 0 aromatic heterocycles. The van der Waals surface area contributed by atoms with Crippen molar-refractivity contribution in [3.63, 3.8) is 0 Å². The SMILES string of the molecule is CCCCCCCCCCCCCCCC(OCCCCCCCO)C(OC)C(CC(C)C)N(C)C(=O)O. The number of hydrogen-bond donors (Lipinski definition) is 2. The van der Waals surface area contributed by atoms with Crippen LogP contribution in [0.15, 0.2) is 0 Å². The predicted octanol–water partition coefficient (Wildman–Crippen LogP) is 8.84. The van der Waals surface area contributed by atoms with E-state index >= 15 is 0 Å². The van der Waals surface area contributed by atoms with Gasteiger partial charge in [0.25, 0.3) is 0 Å². The number of aliphatic hydroxyl groups excluding tert-OH is 1. The number of aliphatic hydroxyl groups is 1. The Hall–Kier alpha value is -0.850. The second-order valence-electron chi connectivity index (χ2n) is 11.7. The van der Waals surface area contributed by atoms with E-state index in [1.165, 1.54) is 81.9 Å². The molecule has 228 valence electrons. The molecule has 0 saturated carbocycles. The summed E-state index contributed by atoms with van der Waals surface area (Å²) in [5.74, 6) is 0.364. The number of hydrogen-bond acceptors (Lipinski definition) is 4. The fraction of sp³-hybridized carbons (Fsp3) is 0.969. The van der Waals surface area contributed by atoms with Gasteiger partial charge in [0.15, 0.2) is 0 Å². The van der Waals surface area contributed by atoms with E-state index in [9.17, 15) is 9.90 Å². The van der Waals surface area contributed by atoms with Crippen molar-refractivity contribution in [2.75, 3.05) is 27.4 Å². The second-order valence-corrected chi connectivity index (χ2v) is 11.7. The maximum atomic E-state index is 11.8. The summed E-state index contributed by atoms with van der Waals surface area (Å²) < 4.78 is 12.4. The van der Waals surface area contributed by atoms with E-state index in [4.69, 9.17) is 14.6 Å². The molecule has 0 heterocycles. The highest BCUT2D eigenvalue weighted by Crippen LogP contribution is 2.24. The zero-order valence-corrected chi connectivity index (χ0v) is 25.9. The van der Waals surface area contributed by atoms with Gasteiger partial charge < -0.3 is 24.6 Å². The smallest absolute Gasteiger partial charge is 0.407 e. The van der Waals surface area contributed by atoms with Crippen LogP contribution in [0.1, 0.15) is 149 Å². The summed E-state index contributed by atoms with van der Waals surface area (Å²) in [6, 6.07) is -0.228. The summed E-state index contributed by atoms with van der Waals surface area (Å²) in [7, 11) is 3.35. The van der Waals surface area contributed by atoms with Gasteiger partial charge in [0.1, 0.15) is 6.10 Å². The van der Waals surface area contributed by atoms with Crippen molar-refractivity contribution >= 4 is 6.09 Å². The number of methoxy groups -OCH3 is 1. The zero-order chi connectivity index (χ0) is 28.4. The van der Waals surface area contributed by atoms with Crippen LogP contribution in [-0.4, -0.2) is 66.8 Å². The van der Waals surface area contributed by atoms with Crippen LogP contribution < -0.4 is 0 Å². The Morgan fingerprint density at radius 3 is 1.68 bits per heavy atom. The van der Waals surface area contributed by atoms with E-state index in [1.807, 2.05) is 0 Å². The molecule has 0 rings (SSSR count). The van der Waals surface area contributed by atoms with Crippen molar-refractivity contribution in [3.8, 4) is 0 Å². The zero-order valence-electron chi connectivity index (χ0n) is 25.9. The molecule has 0 aromatic carbocycles. The summed E-state index contributed by atoms with van der Waals surface area (Å²) in [4.78, 5) is 13.3. The standard InChI is InChI=1S/C32H65NO5/c1-6-7-8-9-10-11-12-13-14-15-16-18-21-24-30(38-26-23-20-17-19-22-25-34)31(37-5)29(27-28(2)3)33(4)32(35)36/h28-31,34H,6-27H2,1-5H3,(H,35,36). The summed E-state index contributed by atoms with van der Waals surface area (Å²) in [5.41, 5.74) is 0. The molecule has 6 heteroatoms. The highest BCUT2D eigenvalue weighted by Gasteiger charge is 2.35. The maximum absolute atomic E-state index is 11.8. The van der Waals surface area contributed by atoms with Crippen LogP contribution in [0.3, 0.4) is 0 Å². The van der Waals surface area contributed by atoms with Crippen molar-refractivity contribution < 1.29 is 24.5 Å². The van der Waals surface area contributed by atoms with Crippen LogP contribution in [0.2, 0.25) is 0 Å². The van der Waals surface area contributed by atoms with Crippen LogP contribution in [0.5, 0.6) is 0 Å². The van der Waals surface area contributed by atoms with Crippen LogP contribution in [-0.2, 0) is 9.47 Å². The molecule has 0 aromatic rings. The van der Waals surface area contributed by atoms with Gasteiger partial charge in [-0.05, 0) is 31.6 Å². The van der Waals surface area contributed by atoms with Crippen molar-refractivity contribution in [1.82, 2.24) is 4.90 Å². The number of unbranched alkanes of at least 4 members (excludes halogenated alkanes) is 16. The Kier molecular flexibility index (Phi) is 25.8. The fourth-order valence-electron chi connectivity index (χ4n) is 5.38. The first kappa shape index (κ1) is 37.1. The van der Waals surface area contributed by atoms with Crippen molar-refractivity contribution in [3.05, 3.63) is 0 Å². The molecule has 0 fully saturated rings. The topological polar surface area (TPSA) is 79.2 Å². The third-order valence-electron chi connectivity index (χ3n) is 7.76. The molecule has 38 heavy (non-hydrogen) atoms. The quantitative estimate of drug-likeness (QED) is 0.0964. The van der Waals surface area contributed by atoms with Gasteiger partial charge in [-0.2, -0.15) is 0 Å². The molecule has 0 aliphatic carbocycles. The van der Waals surface area contributed by atoms with Crippen LogP contribution in [0.4, 0.5) is 4.79 Å². The average Bonchev–Trinajstić information content (AvgIpc) is 2.89. The minimum Gasteiger partial charge on any atom is -0.465 e. The Bertz CT molecular complexity index is 516. The number of rotatable bonds is 28. The molecular formula is C32H65NO5. The normalized spacial score (nSPS) is 14.1. The Morgan fingerprint density at radius 1 is 0.763 bits per heavy atom. The number of likely N-dealkylation sites (N-methyl/N-ethyl adjacent to an activating group) is 1. The van der Waals surface area contributed by atoms with E-state index in [0.717, 1.165) is 51.4 Å². The molecule has 3 unspecified atom stereocenters. The van der Waals surface area contributed by atoms with Gasteiger partial charge in [-0.15, -0.1) is 0 Å². The molecule has 3 atom stereocenters. The van der Waals surface area contributed by atoms with E-state index in [-0.39, 0.29) is 24.9 Å². The lowest BCUT2D eigenvalue weighted by molar-refractivity contribution is -0.0932. The van der Waals surface area contributed by atoms with E-state index < -0.39 is 6.09 Å². The van der Waals surface area contributed by atoms with E-state index in [0.29, 0.717) is 12.5 Å². The Morgan fingerprint density at radius 2 is 1.24 bits per heavy atom. The molecule has 1 amide bonds. The number of ether oxygens (including phenoxy) is 2. The van der Waals surface area contributed by atoms with E-state index in [1.54, 1.807) is 14.2 Å². The van der Waals surface area contributed by atoms with E-state index in [2.05, 4.69) is 20.8 Å². The van der Waals surface area contributed by atoms with Gasteiger partial charge in [-0.25, -0.2) is 4.79 Å². The van der Waals surface area contributed by atoms with Crippen LogP contribution in [0.25, 0.3) is 0 Å². The molecule has 0 spiro atoms. The third-order valence-corrected chi connectivity index (χ3v) is 7.76. The number of carboxylic acid groups (broad SMARTS) is 1. The summed E-state index contributed by atoms with van der Waals surface area (Å²) in [6.07, 6.45) is 22.7. The summed E-state index contributed by atoms with van der Waals surface area (Å²) >= 11 is 0. The lowest BCUT2D eigenvalue weighted by atomic mass is 9.92. The van der Waals surface area contributed by atoms with Gasteiger partial charge in [-0.1, -0.05) is 124 Å². The minimum atomic E-state index is -0.915. The molecule has 0 bridgehead atoms. The van der Waals surface area contributed by atoms with Crippen molar-refractivity contribution in [1.29, 1.82) is 0 Å². The highest BCUT2D eigenvalue weighted by atomic mass is 16.5. The van der Waals surface area contributed by atoms with Gasteiger partial charge in [0, 0.05) is 27.4 Å². The molecule has 6 nitrogen and oxygen atoms in total. The minimum absolute atomic E-state index is 0.101.